The van der Waals surface area contributed by atoms with Gasteiger partial charge in [0.15, 0.2) is 6.19 Å². The summed E-state index contributed by atoms with van der Waals surface area (Å²) in [5.74, 6) is -0.703. The van der Waals surface area contributed by atoms with E-state index in [1.165, 1.54) is 12.6 Å². The minimum absolute atomic E-state index is 0.328. The molecule has 5 nitrogen and oxygen atoms in total. The van der Waals surface area contributed by atoms with Gasteiger partial charge in [0.2, 0.25) is 5.91 Å². The van der Waals surface area contributed by atoms with E-state index in [1.54, 1.807) is 11.3 Å². The highest BCUT2D eigenvalue weighted by Crippen LogP contribution is 2.26. The Morgan fingerprint density at radius 2 is 2.16 bits per heavy atom. The Kier molecular flexibility index (Phi) is 3.78. The van der Waals surface area contributed by atoms with E-state index in [4.69, 9.17) is 11.0 Å². The number of nitrogens with zero attached hydrogens (tertiary/aromatic N) is 2. The number of urea groups is 1. The number of primary amides is 1. The molecule has 1 heterocycles. The zero-order valence-corrected chi connectivity index (χ0v) is 10.7. The summed E-state index contributed by atoms with van der Waals surface area (Å²) in [6.07, 6.45) is 3.08. The second-order valence-electron chi connectivity index (χ2n) is 3.78. The largest absolute Gasteiger partial charge is 0.350 e. The summed E-state index contributed by atoms with van der Waals surface area (Å²) < 4.78 is 1.13. The van der Waals surface area contributed by atoms with Crippen LogP contribution in [0.3, 0.4) is 0 Å². The van der Waals surface area contributed by atoms with Gasteiger partial charge in [-0.2, -0.15) is 10.2 Å². The first-order valence-electron chi connectivity index (χ1n) is 5.45. The molecule has 2 aromatic rings. The summed E-state index contributed by atoms with van der Waals surface area (Å²) in [7, 11) is 0. The van der Waals surface area contributed by atoms with Crippen LogP contribution in [0.5, 0.6) is 0 Å². The minimum Gasteiger partial charge on any atom is -0.350 e. The fraction of sp³-hybridized carbons (Fsp3) is 0.0769. The first-order valence-corrected chi connectivity index (χ1v) is 6.33. The molecule has 0 aliphatic heterocycles. The number of imide groups is 1. The van der Waals surface area contributed by atoms with E-state index in [0.29, 0.717) is 11.3 Å². The van der Waals surface area contributed by atoms with E-state index < -0.39 is 11.9 Å². The second-order valence-corrected chi connectivity index (χ2v) is 4.69. The van der Waals surface area contributed by atoms with Gasteiger partial charge in [0.05, 0.1) is 6.42 Å². The number of fused-ring (bicyclic) bond motifs is 1. The normalized spacial score (nSPS) is 10.1. The maximum Gasteiger partial charge on any atom is 0.335 e. The standard InChI is InChI=1S/C13H10N3O2S/c14-8-16(13(15)18)12(17)6-5-9-7-19-11-4-2-1-3-10(9)11/h1-4,6-7H,5H2,(H2,15,18). The molecule has 2 N–H and O–H groups in total. The van der Waals surface area contributed by atoms with E-state index in [9.17, 15) is 9.59 Å². The first kappa shape index (κ1) is 13.1. The zero-order valence-electron chi connectivity index (χ0n) is 9.87. The molecule has 0 unspecified atom stereocenters. The van der Waals surface area contributed by atoms with Crippen LogP contribution in [0.1, 0.15) is 5.56 Å². The number of amides is 3. The van der Waals surface area contributed by atoms with E-state index >= 15 is 0 Å². The van der Waals surface area contributed by atoms with Crippen LogP contribution in [0.4, 0.5) is 4.79 Å². The van der Waals surface area contributed by atoms with Crippen LogP contribution in [0.2, 0.25) is 0 Å². The van der Waals surface area contributed by atoms with E-state index in [1.807, 2.05) is 29.6 Å². The van der Waals surface area contributed by atoms with E-state index in [2.05, 4.69) is 0 Å². The number of carbonyl (C=O) groups excluding carboxylic acids is 2. The molecule has 95 valence electrons. The monoisotopic (exact) mass is 272 g/mol. The molecule has 0 fully saturated rings. The molecule has 0 saturated heterocycles. The molecule has 0 aliphatic carbocycles. The number of benzene rings is 1. The van der Waals surface area contributed by atoms with Gasteiger partial charge in [0, 0.05) is 4.70 Å². The molecule has 1 aromatic carbocycles. The molecule has 1 aromatic heterocycles. The van der Waals surface area contributed by atoms with E-state index in [0.717, 1.165) is 15.6 Å². The van der Waals surface area contributed by atoms with Crippen LogP contribution >= 0.6 is 11.3 Å². The highest BCUT2D eigenvalue weighted by Gasteiger charge is 2.18. The van der Waals surface area contributed by atoms with Gasteiger partial charge in [-0.25, -0.2) is 4.79 Å². The quantitative estimate of drug-likeness (QED) is 0.685. The smallest absolute Gasteiger partial charge is 0.335 e. The molecular formula is C13H10N3O2S. The van der Waals surface area contributed by atoms with E-state index in [-0.39, 0.29) is 0 Å². The predicted octanol–water partition coefficient (Wildman–Crippen LogP) is 2.04. The SMILES string of the molecule is N#CN(C(N)=O)C(=O)[CH]Cc1csc2ccccc12. The van der Waals surface area contributed by atoms with Crippen LogP contribution in [-0.2, 0) is 11.2 Å². The average molecular weight is 272 g/mol. The Morgan fingerprint density at radius 3 is 2.84 bits per heavy atom. The Bertz CT molecular complexity index is 672. The lowest BCUT2D eigenvalue weighted by atomic mass is 10.1. The molecule has 0 atom stereocenters. The van der Waals surface area contributed by atoms with Gasteiger partial charge < -0.3 is 5.73 Å². The first-order chi connectivity index (χ1) is 9.13. The number of nitriles is 1. The van der Waals surface area contributed by atoms with Crippen molar-refractivity contribution in [2.45, 2.75) is 6.42 Å². The van der Waals surface area contributed by atoms with Crippen LogP contribution in [-0.4, -0.2) is 16.8 Å². The number of thiophene rings is 1. The zero-order chi connectivity index (χ0) is 13.8. The fourth-order valence-electron chi connectivity index (χ4n) is 1.69. The third kappa shape index (κ3) is 2.72. The fourth-order valence-corrected chi connectivity index (χ4v) is 2.66. The van der Waals surface area contributed by atoms with Crippen molar-refractivity contribution in [2.75, 3.05) is 0 Å². The summed E-state index contributed by atoms with van der Waals surface area (Å²) in [5, 5.41) is 11.7. The number of carbonyl (C=O) groups is 2. The summed E-state index contributed by atoms with van der Waals surface area (Å²) in [5.41, 5.74) is 5.90. The molecule has 2 rings (SSSR count). The third-order valence-corrected chi connectivity index (χ3v) is 3.61. The van der Waals surface area contributed by atoms with Crippen molar-refractivity contribution in [3.8, 4) is 6.19 Å². The molecule has 0 aliphatic rings. The molecule has 3 amide bonds. The van der Waals surface area contributed by atoms with Crippen molar-refractivity contribution in [3.05, 3.63) is 41.6 Å². The van der Waals surface area contributed by atoms with Crippen molar-refractivity contribution in [2.24, 2.45) is 5.73 Å². The lowest BCUT2D eigenvalue weighted by Gasteiger charge is -2.07. The second kappa shape index (κ2) is 5.50. The summed E-state index contributed by atoms with van der Waals surface area (Å²) in [4.78, 5) is 22.8. The highest BCUT2D eigenvalue weighted by molar-refractivity contribution is 7.17. The molecular weight excluding hydrogens is 262 g/mol. The molecule has 0 saturated carbocycles. The van der Waals surface area contributed by atoms with Crippen LogP contribution in [0.25, 0.3) is 10.1 Å². The van der Waals surface area contributed by atoms with Crippen molar-refractivity contribution >= 4 is 33.4 Å². The van der Waals surface area contributed by atoms with Gasteiger partial charge in [0.1, 0.15) is 0 Å². The van der Waals surface area contributed by atoms with Crippen LogP contribution in [0.15, 0.2) is 29.6 Å². The van der Waals surface area contributed by atoms with Crippen molar-refractivity contribution in [3.63, 3.8) is 0 Å². The van der Waals surface area contributed by atoms with Crippen molar-refractivity contribution < 1.29 is 9.59 Å². The van der Waals surface area contributed by atoms with Gasteiger partial charge in [-0.15, -0.1) is 11.3 Å². The number of hydrogen-bond donors (Lipinski definition) is 1. The number of hydrogen-bond acceptors (Lipinski definition) is 4. The van der Waals surface area contributed by atoms with Crippen LogP contribution in [0, 0.1) is 17.9 Å². The summed E-state index contributed by atoms with van der Waals surface area (Å²) in [6, 6.07) is 6.76. The van der Waals surface area contributed by atoms with Gasteiger partial charge in [-0.3, -0.25) is 4.79 Å². The summed E-state index contributed by atoms with van der Waals surface area (Å²) >= 11 is 1.58. The number of nitrogens with two attached hydrogens (primary N) is 1. The van der Waals surface area contributed by atoms with Gasteiger partial charge in [-0.05, 0) is 28.8 Å². The van der Waals surface area contributed by atoms with Gasteiger partial charge in [0.25, 0.3) is 0 Å². The topological polar surface area (TPSA) is 87.2 Å². The van der Waals surface area contributed by atoms with Crippen molar-refractivity contribution in [1.29, 1.82) is 5.26 Å². The predicted molar refractivity (Wildman–Crippen MR) is 71.9 cm³/mol. The average Bonchev–Trinajstić information content (AvgIpc) is 2.80. The van der Waals surface area contributed by atoms with Crippen molar-refractivity contribution in [1.82, 2.24) is 4.90 Å². The molecule has 0 bridgehead atoms. The maximum absolute atomic E-state index is 11.6. The number of rotatable bonds is 3. The summed E-state index contributed by atoms with van der Waals surface area (Å²) in [6.45, 7) is 0. The Morgan fingerprint density at radius 1 is 1.42 bits per heavy atom. The Balaban J connectivity index is 2.09. The minimum atomic E-state index is -1.07. The lowest BCUT2D eigenvalue weighted by Crippen LogP contribution is -2.37. The highest BCUT2D eigenvalue weighted by atomic mass is 32.1. The Labute approximate surface area is 113 Å². The molecule has 19 heavy (non-hydrogen) atoms. The molecule has 0 spiro atoms. The third-order valence-electron chi connectivity index (χ3n) is 2.60. The Hall–Kier alpha value is -2.39. The molecule has 1 radical (unpaired) electrons. The van der Waals surface area contributed by atoms with Gasteiger partial charge >= 0.3 is 6.03 Å². The van der Waals surface area contributed by atoms with Crippen LogP contribution < -0.4 is 5.73 Å². The lowest BCUT2D eigenvalue weighted by molar-refractivity contribution is -0.122. The maximum atomic E-state index is 11.6. The molecule has 6 heteroatoms. The van der Waals surface area contributed by atoms with Gasteiger partial charge in [-0.1, -0.05) is 18.2 Å².